The number of anilines is 1. The molecule has 0 spiro atoms. The first-order chi connectivity index (χ1) is 14.8. The van der Waals surface area contributed by atoms with Crippen LogP contribution >= 0.6 is 0 Å². The van der Waals surface area contributed by atoms with Gasteiger partial charge in [0.1, 0.15) is 10.6 Å². The van der Waals surface area contributed by atoms with Crippen molar-refractivity contribution in [3.05, 3.63) is 53.1 Å². The van der Waals surface area contributed by atoms with Crippen molar-refractivity contribution < 1.29 is 17.9 Å². The maximum absolute atomic E-state index is 13.2. The lowest BCUT2D eigenvalue weighted by Crippen LogP contribution is -2.41. The van der Waals surface area contributed by atoms with Crippen molar-refractivity contribution in [2.24, 2.45) is 5.92 Å². The Bertz CT molecular complexity index is 1050. The highest BCUT2D eigenvalue weighted by atomic mass is 32.2. The van der Waals surface area contributed by atoms with Crippen molar-refractivity contribution in [2.45, 2.75) is 63.8 Å². The van der Waals surface area contributed by atoms with Gasteiger partial charge in [0, 0.05) is 17.3 Å². The minimum absolute atomic E-state index is 0.0130. The molecule has 7 heteroatoms. The largest absolute Gasteiger partial charge is 0.495 e. The number of nitrogens with one attached hydrogen (secondary N) is 2. The number of carbonyl (C=O) groups excluding carboxylic acids is 1. The minimum atomic E-state index is -3.84. The van der Waals surface area contributed by atoms with E-state index in [9.17, 15) is 13.2 Å². The second-order valence-electron chi connectivity index (χ2n) is 8.27. The molecule has 2 aromatic rings. The van der Waals surface area contributed by atoms with Crippen LogP contribution in [0, 0.1) is 12.8 Å². The molecule has 168 valence electrons. The lowest BCUT2D eigenvalue weighted by atomic mass is 9.87. The number of para-hydroxylation sites is 1. The summed E-state index contributed by atoms with van der Waals surface area (Å²) >= 11 is 0. The molecule has 1 aliphatic carbocycles. The van der Waals surface area contributed by atoms with Crippen LogP contribution in [0.15, 0.2) is 41.3 Å². The molecule has 0 aliphatic heterocycles. The molecule has 1 amide bonds. The molecule has 1 fully saturated rings. The first-order valence-corrected chi connectivity index (χ1v) is 12.3. The van der Waals surface area contributed by atoms with Gasteiger partial charge in [0.15, 0.2) is 0 Å². The summed E-state index contributed by atoms with van der Waals surface area (Å²) in [7, 11) is -2.41. The molecule has 0 bridgehead atoms. The Balaban J connectivity index is 1.91. The number of methoxy groups -OCH3 is 1. The van der Waals surface area contributed by atoms with Gasteiger partial charge in [0.05, 0.1) is 7.11 Å². The van der Waals surface area contributed by atoms with Gasteiger partial charge >= 0.3 is 0 Å². The molecule has 0 saturated heterocycles. The average molecular weight is 445 g/mol. The molecular formula is C24H32N2O4S. The number of aryl methyl sites for hydroxylation is 2. The summed E-state index contributed by atoms with van der Waals surface area (Å²) in [5.74, 6) is 0.140. The molecule has 3 rings (SSSR count). The van der Waals surface area contributed by atoms with Crippen LogP contribution in [-0.4, -0.2) is 27.5 Å². The fraction of sp³-hybridized carbons (Fsp3) is 0.458. The minimum Gasteiger partial charge on any atom is -0.495 e. The molecule has 1 aliphatic rings. The van der Waals surface area contributed by atoms with Gasteiger partial charge < -0.3 is 10.1 Å². The Labute approximate surface area is 185 Å². The Morgan fingerprint density at radius 1 is 1.16 bits per heavy atom. The molecule has 0 aromatic heterocycles. The maximum atomic E-state index is 13.2. The van der Waals surface area contributed by atoms with Crippen LogP contribution in [0.5, 0.6) is 5.75 Å². The smallest absolute Gasteiger partial charge is 0.255 e. The number of hydrogen-bond donors (Lipinski definition) is 2. The van der Waals surface area contributed by atoms with Crippen LogP contribution in [-0.2, 0) is 16.4 Å². The quantitative estimate of drug-likeness (QED) is 0.650. The molecule has 31 heavy (non-hydrogen) atoms. The highest BCUT2D eigenvalue weighted by Crippen LogP contribution is 2.30. The second kappa shape index (κ2) is 9.83. The normalized spacial score (nSPS) is 19.1. The summed E-state index contributed by atoms with van der Waals surface area (Å²) < 4.78 is 34.5. The van der Waals surface area contributed by atoms with Gasteiger partial charge in [-0.1, -0.05) is 44.9 Å². The summed E-state index contributed by atoms with van der Waals surface area (Å²) in [6, 6.07) is 10.3. The highest BCUT2D eigenvalue weighted by molar-refractivity contribution is 7.89. The van der Waals surface area contributed by atoms with Gasteiger partial charge in [0.2, 0.25) is 10.0 Å². The number of rotatable bonds is 7. The van der Waals surface area contributed by atoms with E-state index in [-0.39, 0.29) is 34.1 Å². The first kappa shape index (κ1) is 23.3. The first-order valence-electron chi connectivity index (χ1n) is 10.9. The van der Waals surface area contributed by atoms with Crippen LogP contribution in [0.2, 0.25) is 0 Å². The summed E-state index contributed by atoms with van der Waals surface area (Å²) in [5.41, 5.74) is 3.03. The highest BCUT2D eigenvalue weighted by Gasteiger charge is 2.29. The van der Waals surface area contributed by atoms with Crippen LogP contribution < -0.4 is 14.8 Å². The van der Waals surface area contributed by atoms with Crippen molar-refractivity contribution in [1.82, 2.24) is 4.72 Å². The Morgan fingerprint density at radius 2 is 1.90 bits per heavy atom. The van der Waals surface area contributed by atoms with Gasteiger partial charge in [-0.3, -0.25) is 4.79 Å². The zero-order valence-electron chi connectivity index (χ0n) is 18.7. The SMILES string of the molecule is CCc1cccc(C)c1NC(=O)c1ccc(OC)c(S(=O)(=O)NC2CCCCC2C)c1. The van der Waals surface area contributed by atoms with Crippen LogP contribution in [0.4, 0.5) is 5.69 Å². The van der Waals surface area contributed by atoms with Crippen molar-refractivity contribution in [2.75, 3.05) is 12.4 Å². The summed E-state index contributed by atoms with van der Waals surface area (Å²) in [5, 5.41) is 2.96. The van der Waals surface area contributed by atoms with Crippen molar-refractivity contribution >= 4 is 21.6 Å². The Hall–Kier alpha value is -2.38. The molecule has 2 unspecified atom stereocenters. The van der Waals surface area contributed by atoms with Gasteiger partial charge in [-0.15, -0.1) is 0 Å². The van der Waals surface area contributed by atoms with Crippen molar-refractivity contribution in [3.63, 3.8) is 0 Å². The van der Waals surface area contributed by atoms with Crippen LogP contribution in [0.1, 0.15) is 61.0 Å². The van der Waals surface area contributed by atoms with E-state index in [0.717, 1.165) is 48.9 Å². The van der Waals surface area contributed by atoms with E-state index in [1.165, 1.54) is 19.2 Å². The van der Waals surface area contributed by atoms with E-state index >= 15 is 0 Å². The van der Waals surface area contributed by atoms with E-state index in [1.54, 1.807) is 6.07 Å². The number of benzene rings is 2. The number of ether oxygens (including phenoxy) is 1. The summed E-state index contributed by atoms with van der Waals surface area (Å²) in [6.45, 7) is 6.04. The van der Waals surface area contributed by atoms with E-state index in [4.69, 9.17) is 4.74 Å². The van der Waals surface area contributed by atoms with Crippen LogP contribution in [0.3, 0.4) is 0 Å². The molecule has 0 radical (unpaired) electrons. The monoisotopic (exact) mass is 444 g/mol. The molecule has 6 nitrogen and oxygen atoms in total. The third kappa shape index (κ3) is 5.28. The van der Waals surface area contributed by atoms with Crippen LogP contribution in [0.25, 0.3) is 0 Å². The molecule has 2 atom stereocenters. The zero-order chi connectivity index (χ0) is 22.6. The van der Waals surface area contributed by atoms with E-state index < -0.39 is 10.0 Å². The fourth-order valence-corrected chi connectivity index (χ4v) is 5.74. The van der Waals surface area contributed by atoms with Gasteiger partial charge in [-0.05, 0) is 61.4 Å². The zero-order valence-corrected chi connectivity index (χ0v) is 19.5. The molecular weight excluding hydrogens is 412 g/mol. The molecule has 2 aromatic carbocycles. The third-order valence-electron chi connectivity index (χ3n) is 6.11. The summed E-state index contributed by atoms with van der Waals surface area (Å²) in [4.78, 5) is 13.0. The predicted molar refractivity (Wildman–Crippen MR) is 123 cm³/mol. The Morgan fingerprint density at radius 3 is 2.58 bits per heavy atom. The second-order valence-corrected chi connectivity index (χ2v) is 9.95. The number of carbonyl (C=O) groups is 1. The van der Waals surface area contributed by atoms with Gasteiger partial charge in [-0.25, -0.2) is 13.1 Å². The van der Waals surface area contributed by atoms with Crippen molar-refractivity contribution in [3.8, 4) is 5.75 Å². The predicted octanol–water partition coefficient (Wildman–Crippen LogP) is 4.68. The third-order valence-corrected chi connectivity index (χ3v) is 7.62. The van der Waals surface area contributed by atoms with E-state index in [0.29, 0.717) is 0 Å². The van der Waals surface area contributed by atoms with Crippen molar-refractivity contribution in [1.29, 1.82) is 0 Å². The maximum Gasteiger partial charge on any atom is 0.255 e. The topological polar surface area (TPSA) is 84.5 Å². The molecule has 1 saturated carbocycles. The number of sulfonamides is 1. The summed E-state index contributed by atoms with van der Waals surface area (Å²) in [6.07, 6.45) is 4.73. The molecule has 0 heterocycles. The van der Waals surface area contributed by atoms with E-state index in [2.05, 4.69) is 17.0 Å². The number of hydrogen-bond acceptors (Lipinski definition) is 4. The lowest BCUT2D eigenvalue weighted by molar-refractivity contribution is 0.102. The molecule has 2 N–H and O–H groups in total. The van der Waals surface area contributed by atoms with Gasteiger partial charge in [-0.2, -0.15) is 0 Å². The Kier molecular flexibility index (Phi) is 7.38. The number of amides is 1. The van der Waals surface area contributed by atoms with E-state index in [1.807, 2.05) is 32.0 Å². The lowest BCUT2D eigenvalue weighted by Gasteiger charge is -2.29. The average Bonchev–Trinajstić information content (AvgIpc) is 2.76. The van der Waals surface area contributed by atoms with Gasteiger partial charge in [0.25, 0.3) is 5.91 Å². The fourth-order valence-electron chi connectivity index (χ4n) is 4.17. The standard InChI is InChI=1S/C24H32N2O4S/c1-5-18-11-8-10-17(3)23(18)25-24(27)19-13-14-21(30-4)22(15-19)31(28,29)26-20-12-7-6-9-16(20)2/h8,10-11,13-16,20,26H,5-7,9,12H2,1-4H3,(H,25,27).